The van der Waals surface area contributed by atoms with E-state index in [0.717, 1.165) is 18.4 Å². The lowest BCUT2D eigenvalue weighted by atomic mass is 9.88. The average molecular weight is 329 g/mol. The number of hydrogen-bond donors (Lipinski definition) is 2. The van der Waals surface area contributed by atoms with E-state index in [1.165, 1.54) is 24.3 Å². The number of amides is 1. The van der Waals surface area contributed by atoms with E-state index in [-0.39, 0.29) is 30.8 Å². The van der Waals surface area contributed by atoms with Crippen molar-refractivity contribution in [3.63, 3.8) is 0 Å². The molecule has 1 unspecified atom stereocenters. The molecule has 1 saturated carbocycles. The molecule has 1 atom stereocenters. The SMILES string of the molecule is O=C(COc1ccc(F)cc1)NCC(O)(c1ccccc1)C1CC1. The van der Waals surface area contributed by atoms with Crippen LogP contribution >= 0.6 is 0 Å². The van der Waals surface area contributed by atoms with Crippen LogP contribution in [-0.4, -0.2) is 24.2 Å². The molecule has 1 amide bonds. The fourth-order valence-corrected chi connectivity index (χ4v) is 2.73. The molecule has 0 spiro atoms. The van der Waals surface area contributed by atoms with Crippen molar-refractivity contribution in [1.82, 2.24) is 5.32 Å². The van der Waals surface area contributed by atoms with E-state index in [0.29, 0.717) is 5.75 Å². The zero-order chi connectivity index (χ0) is 17.0. The molecule has 0 bridgehead atoms. The van der Waals surface area contributed by atoms with Gasteiger partial charge in [-0.1, -0.05) is 30.3 Å². The molecular formula is C19H20FNO3. The summed E-state index contributed by atoms with van der Waals surface area (Å²) >= 11 is 0. The van der Waals surface area contributed by atoms with Gasteiger partial charge in [0.05, 0.1) is 6.54 Å². The van der Waals surface area contributed by atoms with Crippen molar-refractivity contribution < 1.29 is 19.0 Å². The van der Waals surface area contributed by atoms with Crippen LogP contribution in [0.3, 0.4) is 0 Å². The summed E-state index contributed by atoms with van der Waals surface area (Å²) in [6, 6.07) is 14.9. The highest BCUT2D eigenvalue weighted by Gasteiger charge is 2.45. The lowest BCUT2D eigenvalue weighted by Gasteiger charge is -2.29. The number of halogens is 1. The maximum absolute atomic E-state index is 12.8. The summed E-state index contributed by atoms with van der Waals surface area (Å²) in [5.41, 5.74) is -0.237. The van der Waals surface area contributed by atoms with Gasteiger partial charge >= 0.3 is 0 Å². The first kappa shape index (κ1) is 16.5. The third-order valence-electron chi connectivity index (χ3n) is 4.27. The second-order valence-electron chi connectivity index (χ2n) is 6.08. The Labute approximate surface area is 140 Å². The third-order valence-corrected chi connectivity index (χ3v) is 4.27. The highest BCUT2D eigenvalue weighted by molar-refractivity contribution is 5.77. The zero-order valence-corrected chi connectivity index (χ0v) is 13.2. The summed E-state index contributed by atoms with van der Waals surface area (Å²) in [5, 5.41) is 13.7. The van der Waals surface area contributed by atoms with E-state index >= 15 is 0 Å². The van der Waals surface area contributed by atoms with Gasteiger partial charge in [-0.15, -0.1) is 0 Å². The molecule has 1 fully saturated rings. The normalized spacial score (nSPS) is 16.2. The molecule has 24 heavy (non-hydrogen) atoms. The highest BCUT2D eigenvalue weighted by atomic mass is 19.1. The minimum absolute atomic E-state index is 0.146. The van der Waals surface area contributed by atoms with Crippen molar-refractivity contribution in [3.8, 4) is 5.75 Å². The molecule has 3 rings (SSSR count). The van der Waals surface area contributed by atoms with Gasteiger partial charge in [0.1, 0.15) is 17.2 Å². The summed E-state index contributed by atoms with van der Waals surface area (Å²) < 4.78 is 18.1. The van der Waals surface area contributed by atoms with Gasteiger partial charge in [0.2, 0.25) is 0 Å². The van der Waals surface area contributed by atoms with Crippen molar-refractivity contribution >= 4 is 5.91 Å². The fourth-order valence-electron chi connectivity index (χ4n) is 2.73. The van der Waals surface area contributed by atoms with Crippen molar-refractivity contribution in [3.05, 3.63) is 66.0 Å². The number of hydrogen-bond acceptors (Lipinski definition) is 3. The van der Waals surface area contributed by atoms with E-state index < -0.39 is 5.60 Å². The number of nitrogens with one attached hydrogen (secondary N) is 1. The van der Waals surface area contributed by atoms with Crippen LogP contribution < -0.4 is 10.1 Å². The Morgan fingerprint density at radius 1 is 1.17 bits per heavy atom. The monoisotopic (exact) mass is 329 g/mol. The Morgan fingerprint density at radius 2 is 1.83 bits per heavy atom. The maximum atomic E-state index is 12.8. The Bertz CT molecular complexity index is 686. The third kappa shape index (κ3) is 3.92. The number of aliphatic hydroxyl groups is 1. The number of ether oxygens (including phenoxy) is 1. The molecule has 2 aromatic rings. The van der Waals surface area contributed by atoms with Crippen LogP contribution in [0.4, 0.5) is 4.39 Å². The summed E-state index contributed by atoms with van der Waals surface area (Å²) in [7, 11) is 0. The minimum atomic E-state index is -1.05. The topological polar surface area (TPSA) is 58.6 Å². The summed E-state index contributed by atoms with van der Waals surface area (Å²) in [4.78, 5) is 12.0. The molecule has 0 saturated heterocycles. The molecule has 0 radical (unpaired) electrons. The zero-order valence-electron chi connectivity index (χ0n) is 13.2. The number of rotatable bonds is 7. The van der Waals surface area contributed by atoms with Crippen LogP contribution in [0.1, 0.15) is 18.4 Å². The molecule has 4 nitrogen and oxygen atoms in total. The van der Waals surface area contributed by atoms with Crippen molar-refractivity contribution in [2.75, 3.05) is 13.2 Å². The molecule has 126 valence electrons. The molecule has 2 aromatic carbocycles. The van der Waals surface area contributed by atoms with Crippen LogP contribution in [0.5, 0.6) is 5.75 Å². The molecule has 1 aliphatic rings. The van der Waals surface area contributed by atoms with Crippen LogP contribution in [0.25, 0.3) is 0 Å². The Hall–Kier alpha value is -2.40. The van der Waals surface area contributed by atoms with Gasteiger partial charge in [0.25, 0.3) is 5.91 Å². The van der Waals surface area contributed by atoms with Gasteiger partial charge in [-0.05, 0) is 48.6 Å². The van der Waals surface area contributed by atoms with Crippen LogP contribution in [-0.2, 0) is 10.4 Å². The largest absolute Gasteiger partial charge is 0.484 e. The lowest BCUT2D eigenvalue weighted by Crippen LogP contribution is -2.43. The van der Waals surface area contributed by atoms with Gasteiger partial charge in [0.15, 0.2) is 6.61 Å². The maximum Gasteiger partial charge on any atom is 0.258 e. The van der Waals surface area contributed by atoms with Crippen molar-refractivity contribution in [2.45, 2.75) is 18.4 Å². The average Bonchev–Trinajstić information content (AvgIpc) is 3.45. The van der Waals surface area contributed by atoms with Gasteiger partial charge in [-0.25, -0.2) is 4.39 Å². The van der Waals surface area contributed by atoms with Crippen LogP contribution in [0, 0.1) is 11.7 Å². The first-order valence-corrected chi connectivity index (χ1v) is 8.01. The Kier molecular flexibility index (Phi) is 4.81. The van der Waals surface area contributed by atoms with E-state index in [1.807, 2.05) is 30.3 Å². The number of carbonyl (C=O) groups is 1. The molecular weight excluding hydrogens is 309 g/mol. The highest BCUT2D eigenvalue weighted by Crippen LogP contribution is 2.45. The fraction of sp³-hybridized carbons (Fsp3) is 0.316. The Balaban J connectivity index is 1.55. The second-order valence-corrected chi connectivity index (χ2v) is 6.08. The Morgan fingerprint density at radius 3 is 2.46 bits per heavy atom. The standard InChI is InChI=1S/C19H20FNO3/c20-16-8-10-17(11-9-16)24-12-18(22)21-13-19(23,15-6-7-15)14-4-2-1-3-5-14/h1-5,8-11,15,23H,6-7,12-13H2,(H,21,22). The summed E-state index contributed by atoms with van der Waals surface area (Å²) in [6.45, 7) is -0.0333. The van der Waals surface area contributed by atoms with Gasteiger partial charge in [-0.3, -0.25) is 4.79 Å². The summed E-state index contributed by atoms with van der Waals surface area (Å²) in [5.74, 6) is -0.0937. The molecule has 0 aromatic heterocycles. The first-order valence-electron chi connectivity index (χ1n) is 8.01. The molecule has 1 aliphatic carbocycles. The van der Waals surface area contributed by atoms with Crippen LogP contribution in [0.2, 0.25) is 0 Å². The smallest absolute Gasteiger partial charge is 0.258 e. The van der Waals surface area contributed by atoms with E-state index in [2.05, 4.69) is 5.32 Å². The van der Waals surface area contributed by atoms with Gasteiger partial charge in [-0.2, -0.15) is 0 Å². The summed E-state index contributed by atoms with van der Waals surface area (Å²) in [6.07, 6.45) is 1.90. The van der Waals surface area contributed by atoms with E-state index in [4.69, 9.17) is 4.74 Å². The van der Waals surface area contributed by atoms with Crippen molar-refractivity contribution in [2.24, 2.45) is 5.92 Å². The second kappa shape index (κ2) is 7.01. The van der Waals surface area contributed by atoms with Crippen molar-refractivity contribution in [1.29, 1.82) is 0 Å². The lowest BCUT2D eigenvalue weighted by molar-refractivity contribution is -0.124. The van der Waals surface area contributed by atoms with Gasteiger partial charge < -0.3 is 15.2 Å². The quantitative estimate of drug-likeness (QED) is 0.821. The first-order chi connectivity index (χ1) is 11.6. The molecule has 2 N–H and O–H groups in total. The predicted molar refractivity (Wildman–Crippen MR) is 88.0 cm³/mol. The molecule has 0 heterocycles. The van der Waals surface area contributed by atoms with Crippen LogP contribution in [0.15, 0.2) is 54.6 Å². The minimum Gasteiger partial charge on any atom is -0.484 e. The molecule has 5 heteroatoms. The number of benzene rings is 2. The number of carbonyl (C=O) groups excluding carboxylic acids is 1. The van der Waals surface area contributed by atoms with E-state index in [1.54, 1.807) is 0 Å². The molecule has 0 aliphatic heterocycles. The van der Waals surface area contributed by atoms with Gasteiger partial charge in [0, 0.05) is 0 Å². The predicted octanol–water partition coefficient (Wildman–Crippen LogP) is 2.62. The van der Waals surface area contributed by atoms with E-state index in [9.17, 15) is 14.3 Å².